The highest BCUT2D eigenvalue weighted by molar-refractivity contribution is 5.42. The van der Waals surface area contributed by atoms with Crippen LogP contribution in [0.5, 0.6) is 5.75 Å². The quantitative estimate of drug-likeness (QED) is 0.865. The Morgan fingerprint density at radius 2 is 1.77 bits per heavy atom. The number of halogens is 1. The van der Waals surface area contributed by atoms with E-state index in [2.05, 4.69) is 32.9 Å². The highest BCUT2D eigenvalue weighted by atomic mass is 19.1. The van der Waals surface area contributed by atoms with Gasteiger partial charge in [0.05, 0.1) is 6.61 Å². The van der Waals surface area contributed by atoms with Crippen molar-refractivity contribution in [2.24, 2.45) is 5.73 Å². The molecule has 3 heteroatoms. The number of rotatable bonds is 6. The van der Waals surface area contributed by atoms with Crippen molar-refractivity contribution in [3.63, 3.8) is 0 Å². The molecule has 2 aromatic rings. The van der Waals surface area contributed by atoms with Crippen molar-refractivity contribution in [1.82, 2.24) is 0 Å². The molecule has 0 heterocycles. The summed E-state index contributed by atoms with van der Waals surface area (Å²) in [5.74, 6) is 0.837. The third-order valence-corrected chi connectivity index (χ3v) is 3.92. The van der Waals surface area contributed by atoms with E-state index in [1.165, 1.54) is 11.6 Å². The van der Waals surface area contributed by atoms with Gasteiger partial charge in [0.2, 0.25) is 0 Å². The molecule has 0 radical (unpaired) electrons. The minimum atomic E-state index is -0.220. The zero-order valence-electron chi connectivity index (χ0n) is 13.5. The molecule has 2 nitrogen and oxygen atoms in total. The van der Waals surface area contributed by atoms with Gasteiger partial charge >= 0.3 is 0 Å². The molecule has 2 rings (SSSR count). The SMILES string of the molecule is Cc1cc(C)c(OCCC(CN)c2cccc(F)c2)c(C)c1. The number of hydrogen-bond donors (Lipinski definition) is 1. The van der Waals surface area contributed by atoms with Crippen LogP contribution in [0.1, 0.15) is 34.6 Å². The van der Waals surface area contributed by atoms with Crippen molar-refractivity contribution >= 4 is 0 Å². The molecule has 0 saturated carbocycles. The van der Waals surface area contributed by atoms with Crippen molar-refractivity contribution in [2.45, 2.75) is 33.1 Å². The lowest BCUT2D eigenvalue weighted by atomic mass is 9.96. The summed E-state index contributed by atoms with van der Waals surface area (Å²) in [5.41, 5.74) is 10.3. The first-order valence-corrected chi connectivity index (χ1v) is 7.67. The van der Waals surface area contributed by atoms with Gasteiger partial charge in [0.25, 0.3) is 0 Å². The van der Waals surface area contributed by atoms with Gasteiger partial charge in [-0.25, -0.2) is 4.39 Å². The fraction of sp³-hybridized carbons (Fsp3) is 0.368. The summed E-state index contributed by atoms with van der Waals surface area (Å²) >= 11 is 0. The van der Waals surface area contributed by atoms with Gasteiger partial charge in [0.1, 0.15) is 11.6 Å². The highest BCUT2D eigenvalue weighted by Crippen LogP contribution is 2.26. The maximum Gasteiger partial charge on any atom is 0.125 e. The van der Waals surface area contributed by atoms with Crippen LogP contribution in [0.15, 0.2) is 36.4 Å². The molecule has 1 atom stereocenters. The lowest BCUT2D eigenvalue weighted by Crippen LogP contribution is -2.16. The van der Waals surface area contributed by atoms with Crippen LogP contribution >= 0.6 is 0 Å². The van der Waals surface area contributed by atoms with Crippen LogP contribution in [0.25, 0.3) is 0 Å². The second-order valence-corrected chi connectivity index (χ2v) is 5.85. The Morgan fingerprint density at radius 3 is 2.36 bits per heavy atom. The summed E-state index contributed by atoms with van der Waals surface area (Å²) in [5, 5.41) is 0. The van der Waals surface area contributed by atoms with E-state index in [0.29, 0.717) is 13.2 Å². The molecular weight excluding hydrogens is 277 g/mol. The maximum absolute atomic E-state index is 13.3. The molecule has 0 aliphatic carbocycles. The Hall–Kier alpha value is -1.87. The molecule has 0 aliphatic rings. The van der Waals surface area contributed by atoms with Crippen molar-refractivity contribution in [2.75, 3.05) is 13.2 Å². The topological polar surface area (TPSA) is 35.2 Å². The number of hydrogen-bond acceptors (Lipinski definition) is 2. The Labute approximate surface area is 132 Å². The number of benzene rings is 2. The number of nitrogens with two attached hydrogens (primary N) is 1. The average molecular weight is 301 g/mol. The Balaban J connectivity index is 2.00. The predicted molar refractivity (Wildman–Crippen MR) is 89.0 cm³/mol. The minimum Gasteiger partial charge on any atom is -0.493 e. The standard InChI is InChI=1S/C19H24FNO/c1-13-9-14(2)19(15(3)10-13)22-8-7-17(12-21)16-5-4-6-18(20)11-16/h4-6,9-11,17H,7-8,12,21H2,1-3H3. The average Bonchev–Trinajstić information content (AvgIpc) is 2.45. The number of ether oxygens (including phenoxy) is 1. The lowest BCUT2D eigenvalue weighted by Gasteiger charge is -2.18. The third kappa shape index (κ3) is 4.08. The summed E-state index contributed by atoms with van der Waals surface area (Å²) in [7, 11) is 0. The zero-order chi connectivity index (χ0) is 16.1. The van der Waals surface area contributed by atoms with Gasteiger partial charge in [0.15, 0.2) is 0 Å². The van der Waals surface area contributed by atoms with E-state index in [-0.39, 0.29) is 11.7 Å². The fourth-order valence-corrected chi connectivity index (χ4v) is 2.88. The summed E-state index contributed by atoms with van der Waals surface area (Å²) in [6.07, 6.45) is 0.771. The molecule has 0 amide bonds. The van der Waals surface area contributed by atoms with Crippen LogP contribution < -0.4 is 10.5 Å². The van der Waals surface area contributed by atoms with Crippen LogP contribution in [-0.4, -0.2) is 13.2 Å². The molecule has 0 spiro atoms. The lowest BCUT2D eigenvalue weighted by molar-refractivity contribution is 0.294. The smallest absolute Gasteiger partial charge is 0.125 e. The van der Waals surface area contributed by atoms with Crippen molar-refractivity contribution in [1.29, 1.82) is 0 Å². The largest absolute Gasteiger partial charge is 0.493 e. The van der Waals surface area contributed by atoms with Gasteiger partial charge < -0.3 is 10.5 Å². The van der Waals surface area contributed by atoms with Crippen molar-refractivity contribution < 1.29 is 9.13 Å². The number of aryl methyl sites for hydroxylation is 3. The summed E-state index contributed by atoms with van der Waals surface area (Å²) in [6, 6.07) is 10.9. The molecule has 0 aromatic heterocycles. The van der Waals surface area contributed by atoms with Gasteiger partial charge in [-0.2, -0.15) is 0 Å². The minimum absolute atomic E-state index is 0.113. The third-order valence-electron chi connectivity index (χ3n) is 3.92. The normalized spacial score (nSPS) is 12.2. The highest BCUT2D eigenvalue weighted by Gasteiger charge is 2.12. The molecule has 0 saturated heterocycles. The van der Waals surface area contributed by atoms with Crippen LogP contribution in [0.2, 0.25) is 0 Å². The van der Waals surface area contributed by atoms with Gasteiger partial charge in [-0.3, -0.25) is 0 Å². The monoisotopic (exact) mass is 301 g/mol. The van der Waals surface area contributed by atoms with E-state index in [1.54, 1.807) is 12.1 Å². The maximum atomic E-state index is 13.3. The van der Waals surface area contributed by atoms with Crippen LogP contribution in [0.4, 0.5) is 4.39 Å². The van der Waals surface area contributed by atoms with E-state index < -0.39 is 0 Å². The molecule has 0 aliphatic heterocycles. The summed E-state index contributed by atoms with van der Waals surface area (Å²) < 4.78 is 19.3. The Bertz CT molecular complexity index is 616. The second kappa shape index (κ2) is 7.41. The van der Waals surface area contributed by atoms with Gasteiger partial charge in [-0.1, -0.05) is 29.8 Å². The molecule has 1 unspecified atom stereocenters. The van der Waals surface area contributed by atoms with Crippen LogP contribution in [0, 0.1) is 26.6 Å². The zero-order valence-corrected chi connectivity index (χ0v) is 13.5. The molecular formula is C19H24FNO. The van der Waals surface area contributed by atoms with Crippen LogP contribution in [-0.2, 0) is 0 Å². The van der Waals surface area contributed by atoms with Crippen molar-refractivity contribution in [3.05, 3.63) is 64.5 Å². The van der Waals surface area contributed by atoms with Crippen molar-refractivity contribution in [3.8, 4) is 5.75 Å². The summed E-state index contributed by atoms with van der Waals surface area (Å²) in [6.45, 7) is 7.25. The Morgan fingerprint density at radius 1 is 1.09 bits per heavy atom. The van der Waals surface area contributed by atoms with Crippen LogP contribution in [0.3, 0.4) is 0 Å². The molecule has 0 fully saturated rings. The van der Waals surface area contributed by atoms with E-state index in [9.17, 15) is 4.39 Å². The van der Waals surface area contributed by atoms with Gasteiger partial charge in [-0.15, -0.1) is 0 Å². The van der Waals surface area contributed by atoms with E-state index in [4.69, 9.17) is 10.5 Å². The fourth-order valence-electron chi connectivity index (χ4n) is 2.88. The molecule has 2 N–H and O–H groups in total. The molecule has 0 bridgehead atoms. The first-order valence-electron chi connectivity index (χ1n) is 7.67. The summed E-state index contributed by atoms with van der Waals surface area (Å²) in [4.78, 5) is 0. The first-order chi connectivity index (χ1) is 10.5. The van der Waals surface area contributed by atoms with Gasteiger partial charge in [-0.05, 0) is 68.5 Å². The Kier molecular flexibility index (Phi) is 5.56. The molecule has 2 aromatic carbocycles. The van der Waals surface area contributed by atoms with E-state index in [0.717, 1.165) is 28.9 Å². The first kappa shape index (κ1) is 16.5. The van der Waals surface area contributed by atoms with Gasteiger partial charge in [0, 0.05) is 0 Å². The predicted octanol–water partition coefficient (Wildman–Crippen LogP) is 4.26. The van der Waals surface area contributed by atoms with E-state index in [1.807, 2.05) is 6.07 Å². The molecule has 22 heavy (non-hydrogen) atoms. The van der Waals surface area contributed by atoms with E-state index >= 15 is 0 Å². The molecule has 118 valence electrons. The second-order valence-electron chi connectivity index (χ2n) is 5.85.